The summed E-state index contributed by atoms with van der Waals surface area (Å²) in [6, 6.07) is 1.40. The van der Waals surface area contributed by atoms with Gasteiger partial charge < -0.3 is 9.67 Å². The van der Waals surface area contributed by atoms with Crippen LogP contribution in [0.5, 0.6) is 0 Å². The average molecular weight is 286 g/mol. The third-order valence-corrected chi connectivity index (χ3v) is 4.70. The Morgan fingerprint density at radius 1 is 1.67 bits per heavy atom. The summed E-state index contributed by atoms with van der Waals surface area (Å²) < 4.78 is 2.17. The van der Waals surface area contributed by atoms with Crippen molar-refractivity contribution in [3.05, 3.63) is 27.4 Å². The average Bonchev–Trinajstić information content (AvgIpc) is 2.87. The highest BCUT2D eigenvalue weighted by molar-refractivity contribution is 8.01. The summed E-state index contributed by atoms with van der Waals surface area (Å²) in [7, 11) is 1.76. The molecular weight excluding hydrogens is 276 g/mol. The zero-order chi connectivity index (χ0) is 13.3. The van der Waals surface area contributed by atoms with E-state index < -0.39 is 11.0 Å². The second-order valence-electron chi connectivity index (χ2n) is 3.58. The van der Waals surface area contributed by atoms with Gasteiger partial charge in [-0.15, -0.1) is 21.5 Å². The van der Waals surface area contributed by atoms with E-state index in [0.29, 0.717) is 14.2 Å². The smallest absolute Gasteiger partial charge is 0.294 e. The molecule has 0 aromatic carbocycles. The van der Waals surface area contributed by atoms with Crippen molar-refractivity contribution >= 4 is 28.8 Å². The second-order valence-corrected chi connectivity index (χ2v) is 5.90. The number of hydrogen-bond donors (Lipinski definition) is 1. The highest BCUT2D eigenvalue weighted by atomic mass is 32.2. The van der Waals surface area contributed by atoms with Crippen molar-refractivity contribution in [2.75, 3.05) is 0 Å². The summed E-state index contributed by atoms with van der Waals surface area (Å²) >= 11 is 2.36. The van der Waals surface area contributed by atoms with Gasteiger partial charge in [0, 0.05) is 18.0 Å². The predicted octanol–water partition coefficient (Wildman–Crippen LogP) is 1.99. The van der Waals surface area contributed by atoms with Gasteiger partial charge >= 0.3 is 0 Å². The molecule has 18 heavy (non-hydrogen) atoms. The topological polar surface area (TPSA) is 94.1 Å². The van der Waals surface area contributed by atoms with Crippen LogP contribution in [0.3, 0.4) is 0 Å². The van der Waals surface area contributed by atoms with Crippen molar-refractivity contribution in [1.29, 1.82) is 0 Å². The molecule has 0 spiro atoms. The van der Waals surface area contributed by atoms with Crippen LogP contribution in [-0.2, 0) is 7.05 Å². The molecule has 0 bridgehead atoms. The van der Waals surface area contributed by atoms with Crippen molar-refractivity contribution in [3.63, 3.8) is 0 Å². The molecule has 2 aromatic heterocycles. The minimum Gasteiger partial charge on any atom is -0.388 e. The van der Waals surface area contributed by atoms with E-state index in [1.165, 1.54) is 35.5 Å². The highest BCUT2D eigenvalue weighted by Gasteiger charge is 2.23. The number of thiophene rings is 1. The molecule has 2 heterocycles. The predicted molar refractivity (Wildman–Crippen MR) is 66.7 cm³/mol. The fourth-order valence-electron chi connectivity index (χ4n) is 1.24. The van der Waals surface area contributed by atoms with E-state index >= 15 is 0 Å². The molecule has 0 aliphatic rings. The quantitative estimate of drug-likeness (QED) is 0.682. The van der Waals surface area contributed by atoms with E-state index in [1.54, 1.807) is 18.5 Å². The molecule has 2 rings (SSSR count). The number of aliphatic hydroxyl groups excluding tert-OH is 1. The zero-order valence-electron chi connectivity index (χ0n) is 9.60. The molecule has 0 saturated heterocycles. The molecule has 0 aliphatic heterocycles. The number of nitrogens with zero attached hydrogens (tertiary/aromatic N) is 4. The van der Waals surface area contributed by atoms with E-state index in [1.807, 2.05) is 0 Å². The highest BCUT2D eigenvalue weighted by Crippen LogP contribution is 2.42. The van der Waals surface area contributed by atoms with Gasteiger partial charge in [0.15, 0.2) is 5.16 Å². The van der Waals surface area contributed by atoms with Gasteiger partial charge in [0.2, 0.25) is 0 Å². The molecule has 1 atom stereocenters. The Bertz CT molecular complexity index is 578. The number of rotatable bonds is 4. The lowest BCUT2D eigenvalue weighted by Crippen LogP contribution is -1.90. The van der Waals surface area contributed by atoms with Gasteiger partial charge in [-0.3, -0.25) is 10.1 Å². The van der Waals surface area contributed by atoms with Crippen LogP contribution in [0.25, 0.3) is 0 Å². The van der Waals surface area contributed by atoms with E-state index in [0.717, 1.165) is 0 Å². The van der Waals surface area contributed by atoms with E-state index in [9.17, 15) is 15.2 Å². The first-order valence-electron chi connectivity index (χ1n) is 4.97. The minimum atomic E-state index is -0.720. The third-order valence-electron chi connectivity index (χ3n) is 2.16. The van der Waals surface area contributed by atoms with E-state index in [4.69, 9.17) is 0 Å². The molecule has 2 aromatic rings. The van der Waals surface area contributed by atoms with Gasteiger partial charge in [0.1, 0.15) is 10.5 Å². The Kier molecular flexibility index (Phi) is 3.64. The Labute approximate surface area is 111 Å². The van der Waals surface area contributed by atoms with Crippen LogP contribution >= 0.6 is 23.1 Å². The van der Waals surface area contributed by atoms with Gasteiger partial charge in [-0.25, -0.2) is 0 Å². The van der Waals surface area contributed by atoms with Gasteiger partial charge in [0.25, 0.3) is 5.69 Å². The molecule has 96 valence electrons. The zero-order valence-corrected chi connectivity index (χ0v) is 11.2. The SMILES string of the molecule is CC(O)c1cc([N+](=O)[O-])c(Sc2nncn2C)s1. The van der Waals surface area contributed by atoms with E-state index in [2.05, 4.69) is 10.2 Å². The van der Waals surface area contributed by atoms with Gasteiger partial charge in [-0.05, 0) is 18.7 Å². The molecule has 1 unspecified atom stereocenters. The van der Waals surface area contributed by atoms with Crippen LogP contribution in [0.2, 0.25) is 0 Å². The molecule has 0 amide bonds. The number of nitro groups is 1. The lowest BCUT2D eigenvalue weighted by Gasteiger charge is -1.97. The molecular formula is C9H10N4O3S2. The maximum Gasteiger partial charge on any atom is 0.294 e. The number of aromatic nitrogens is 3. The summed E-state index contributed by atoms with van der Waals surface area (Å²) in [5, 5.41) is 28.6. The van der Waals surface area contributed by atoms with Crippen molar-refractivity contribution in [2.24, 2.45) is 7.05 Å². The fraction of sp³-hybridized carbons (Fsp3) is 0.333. The van der Waals surface area contributed by atoms with Crippen molar-refractivity contribution in [3.8, 4) is 0 Å². The molecule has 7 nitrogen and oxygen atoms in total. The first-order valence-corrected chi connectivity index (χ1v) is 6.60. The molecule has 9 heteroatoms. The Morgan fingerprint density at radius 3 is 2.89 bits per heavy atom. The van der Waals surface area contributed by atoms with Crippen LogP contribution in [0.4, 0.5) is 5.69 Å². The number of aryl methyl sites for hydroxylation is 1. The normalized spacial score (nSPS) is 12.6. The van der Waals surface area contributed by atoms with Crippen LogP contribution in [0, 0.1) is 10.1 Å². The summed E-state index contributed by atoms with van der Waals surface area (Å²) in [6.45, 7) is 1.58. The second kappa shape index (κ2) is 5.04. The van der Waals surface area contributed by atoms with Gasteiger partial charge in [-0.1, -0.05) is 0 Å². The standard InChI is InChI=1S/C9H10N4O3S2/c1-5(14)7-3-6(13(15)16)8(17-7)18-9-11-10-4-12(9)2/h3-5,14H,1-2H3. The lowest BCUT2D eigenvalue weighted by atomic mass is 10.3. The third kappa shape index (κ3) is 2.52. The molecule has 0 aliphatic carbocycles. The van der Waals surface area contributed by atoms with Gasteiger partial charge in [-0.2, -0.15) is 0 Å². The van der Waals surface area contributed by atoms with E-state index in [-0.39, 0.29) is 5.69 Å². The molecule has 0 saturated carbocycles. The molecule has 1 N–H and O–H groups in total. The van der Waals surface area contributed by atoms with Crippen molar-refractivity contribution in [1.82, 2.24) is 14.8 Å². The molecule has 0 radical (unpaired) electrons. The number of hydrogen-bond acceptors (Lipinski definition) is 7. The Balaban J connectivity index is 2.37. The van der Waals surface area contributed by atoms with Crippen molar-refractivity contribution in [2.45, 2.75) is 22.4 Å². The Morgan fingerprint density at radius 2 is 2.39 bits per heavy atom. The lowest BCUT2D eigenvalue weighted by molar-refractivity contribution is -0.387. The summed E-state index contributed by atoms with van der Waals surface area (Å²) in [6.07, 6.45) is 0.805. The summed E-state index contributed by atoms with van der Waals surface area (Å²) in [5.74, 6) is 0. The van der Waals surface area contributed by atoms with Crippen molar-refractivity contribution < 1.29 is 10.0 Å². The fourth-order valence-corrected chi connectivity index (χ4v) is 3.39. The van der Waals surface area contributed by atoms with Crippen LogP contribution in [0.1, 0.15) is 17.9 Å². The molecule has 0 fully saturated rings. The van der Waals surface area contributed by atoms with Crippen LogP contribution < -0.4 is 0 Å². The number of aliphatic hydroxyl groups is 1. The Hall–Kier alpha value is -1.45. The largest absolute Gasteiger partial charge is 0.388 e. The summed E-state index contributed by atoms with van der Waals surface area (Å²) in [5.41, 5.74) is -0.0103. The van der Waals surface area contributed by atoms with Crippen LogP contribution in [0.15, 0.2) is 21.8 Å². The minimum absolute atomic E-state index is 0.0103. The first kappa shape index (κ1) is 13.0. The van der Waals surface area contributed by atoms with Gasteiger partial charge in [0.05, 0.1) is 11.0 Å². The first-order chi connectivity index (χ1) is 8.49. The maximum atomic E-state index is 10.9. The maximum absolute atomic E-state index is 10.9. The summed E-state index contributed by atoms with van der Waals surface area (Å²) in [4.78, 5) is 11.0. The monoisotopic (exact) mass is 286 g/mol. The van der Waals surface area contributed by atoms with Crippen LogP contribution in [-0.4, -0.2) is 24.8 Å².